The van der Waals surface area contributed by atoms with Gasteiger partial charge < -0.3 is 19.6 Å². The monoisotopic (exact) mass is 518 g/mol. The number of carbonyl (C=O) groups is 1. The van der Waals surface area contributed by atoms with Gasteiger partial charge in [-0.3, -0.25) is 9.48 Å². The van der Waals surface area contributed by atoms with E-state index in [1.165, 1.54) is 5.69 Å². The molecule has 2 aromatic rings. The number of alkyl halides is 1. The molecule has 1 amide bonds. The van der Waals surface area contributed by atoms with Crippen LogP contribution < -0.4 is 4.74 Å². The molecular formula is C27H36ClFN4O3. The molecule has 0 radical (unpaired) electrons. The smallest absolute Gasteiger partial charge is 0.274 e. The molecule has 9 heteroatoms. The zero-order valence-electron chi connectivity index (χ0n) is 20.8. The number of aromatic nitrogens is 2. The van der Waals surface area contributed by atoms with Crippen LogP contribution in [-0.2, 0) is 19.4 Å². The number of benzene rings is 1. The van der Waals surface area contributed by atoms with E-state index >= 15 is 0 Å². The van der Waals surface area contributed by atoms with Gasteiger partial charge in [0.15, 0.2) is 5.69 Å². The molecule has 36 heavy (non-hydrogen) atoms. The van der Waals surface area contributed by atoms with Crippen molar-refractivity contribution in [2.75, 3.05) is 39.3 Å². The Labute approximate surface area is 217 Å². The number of amides is 1. The fraction of sp³-hybridized carbons (Fsp3) is 0.630. The van der Waals surface area contributed by atoms with E-state index < -0.39 is 12.3 Å². The van der Waals surface area contributed by atoms with Gasteiger partial charge in [0.05, 0.1) is 13.2 Å². The SMILES string of the molecule is O=C(c1nn(CCN2CCC(Oc3cccc(Cl)c3)CC2)c2c1CCCC2)N1CCC(F)(CO)CC1. The molecule has 196 valence electrons. The van der Waals surface area contributed by atoms with Crippen molar-refractivity contribution in [3.63, 3.8) is 0 Å². The highest BCUT2D eigenvalue weighted by Gasteiger charge is 2.37. The predicted octanol–water partition coefficient (Wildman–Crippen LogP) is 3.90. The number of piperidine rings is 2. The Morgan fingerprint density at radius 2 is 1.89 bits per heavy atom. The minimum atomic E-state index is -1.57. The van der Waals surface area contributed by atoms with Crippen LogP contribution in [0.3, 0.4) is 0 Å². The molecule has 7 nitrogen and oxygen atoms in total. The molecule has 1 aromatic carbocycles. The number of carbonyl (C=O) groups excluding carboxylic acids is 1. The van der Waals surface area contributed by atoms with Gasteiger partial charge in [-0.1, -0.05) is 17.7 Å². The summed E-state index contributed by atoms with van der Waals surface area (Å²) in [4.78, 5) is 17.5. The molecule has 1 N–H and O–H groups in total. The normalized spacial score (nSPS) is 20.8. The Morgan fingerprint density at radius 1 is 1.14 bits per heavy atom. The minimum Gasteiger partial charge on any atom is -0.490 e. The molecule has 0 bridgehead atoms. The third-order valence-electron chi connectivity index (χ3n) is 7.95. The van der Waals surface area contributed by atoms with Crippen molar-refractivity contribution in [1.82, 2.24) is 19.6 Å². The van der Waals surface area contributed by atoms with Gasteiger partial charge in [-0.25, -0.2) is 4.39 Å². The summed E-state index contributed by atoms with van der Waals surface area (Å²) in [5.74, 6) is 0.731. The van der Waals surface area contributed by atoms with Crippen molar-refractivity contribution in [3.05, 3.63) is 46.2 Å². The number of fused-ring (bicyclic) bond motifs is 1. The first-order valence-corrected chi connectivity index (χ1v) is 13.6. The van der Waals surface area contributed by atoms with Crippen molar-refractivity contribution in [2.45, 2.75) is 69.7 Å². The molecule has 0 unspecified atom stereocenters. The number of rotatable bonds is 7. The second-order valence-electron chi connectivity index (χ2n) is 10.4. The van der Waals surface area contributed by atoms with Crippen LogP contribution in [0.25, 0.3) is 0 Å². The lowest BCUT2D eigenvalue weighted by Gasteiger charge is -2.35. The van der Waals surface area contributed by atoms with E-state index in [4.69, 9.17) is 21.4 Å². The minimum absolute atomic E-state index is 0.0918. The molecule has 2 fully saturated rings. The van der Waals surface area contributed by atoms with E-state index in [0.717, 1.165) is 76.0 Å². The molecule has 2 aliphatic heterocycles. The Hall–Kier alpha value is -2.16. The molecule has 5 rings (SSSR count). The summed E-state index contributed by atoms with van der Waals surface area (Å²) in [6.07, 6.45) is 6.48. The second-order valence-corrected chi connectivity index (χ2v) is 10.9. The largest absolute Gasteiger partial charge is 0.490 e. The summed E-state index contributed by atoms with van der Waals surface area (Å²) in [5, 5.41) is 14.8. The topological polar surface area (TPSA) is 70.8 Å². The average Bonchev–Trinajstić information content (AvgIpc) is 3.27. The summed E-state index contributed by atoms with van der Waals surface area (Å²) < 4.78 is 22.6. The quantitative estimate of drug-likeness (QED) is 0.602. The molecule has 0 atom stereocenters. The van der Waals surface area contributed by atoms with Gasteiger partial charge in [-0.2, -0.15) is 5.10 Å². The van der Waals surface area contributed by atoms with Gasteiger partial charge in [-0.05, 0) is 56.7 Å². The zero-order chi connectivity index (χ0) is 25.1. The fourth-order valence-corrected chi connectivity index (χ4v) is 5.85. The lowest BCUT2D eigenvalue weighted by Crippen LogP contribution is -2.46. The van der Waals surface area contributed by atoms with Crippen LogP contribution in [0, 0.1) is 0 Å². The van der Waals surface area contributed by atoms with Crippen LogP contribution in [0.5, 0.6) is 5.75 Å². The molecule has 0 saturated carbocycles. The lowest BCUT2D eigenvalue weighted by molar-refractivity contribution is 0.00965. The fourth-order valence-electron chi connectivity index (χ4n) is 5.67. The van der Waals surface area contributed by atoms with Gasteiger partial charge >= 0.3 is 0 Å². The van der Waals surface area contributed by atoms with Crippen LogP contribution >= 0.6 is 11.6 Å². The third kappa shape index (κ3) is 5.71. The maximum Gasteiger partial charge on any atom is 0.274 e. The van der Waals surface area contributed by atoms with Gasteiger partial charge in [0.1, 0.15) is 17.5 Å². The van der Waals surface area contributed by atoms with Gasteiger partial charge in [0.25, 0.3) is 5.91 Å². The number of aliphatic hydroxyl groups excluding tert-OH is 1. The zero-order valence-corrected chi connectivity index (χ0v) is 21.6. The Kier molecular flexibility index (Phi) is 7.84. The lowest BCUT2D eigenvalue weighted by atomic mass is 9.93. The number of aliphatic hydroxyl groups is 1. The summed E-state index contributed by atoms with van der Waals surface area (Å²) in [5.41, 5.74) is 1.26. The highest BCUT2D eigenvalue weighted by Crippen LogP contribution is 2.30. The molecular weight excluding hydrogens is 483 g/mol. The van der Waals surface area contributed by atoms with Gasteiger partial charge in [0.2, 0.25) is 0 Å². The number of hydrogen-bond donors (Lipinski definition) is 1. The van der Waals surface area contributed by atoms with Gasteiger partial charge in [0, 0.05) is 61.8 Å². The van der Waals surface area contributed by atoms with Crippen LogP contribution in [0.2, 0.25) is 5.02 Å². The molecule has 3 aliphatic rings. The number of ether oxygens (including phenoxy) is 1. The maximum atomic E-state index is 14.4. The van der Waals surface area contributed by atoms with E-state index in [1.54, 1.807) is 4.90 Å². The second kappa shape index (κ2) is 11.1. The van der Waals surface area contributed by atoms with Crippen LogP contribution in [0.1, 0.15) is 60.3 Å². The Bertz CT molecular complexity index is 1060. The van der Waals surface area contributed by atoms with Gasteiger partial charge in [-0.15, -0.1) is 0 Å². The first-order chi connectivity index (χ1) is 17.4. The van der Waals surface area contributed by atoms with Crippen molar-refractivity contribution < 1.29 is 19.0 Å². The number of halogens is 2. The van der Waals surface area contributed by atoms with E-state index in [9.17, 15) is 14.3 Å². The Morgan fingerprint density at radius 3 is 2.61 bits per heavy atom. The number of hydrogen-bond acceptors (Lipinski definition) is 5. The van der Waals surface area contributed by atoms with Crippen LogP contribution in [-0.4, -0.2) is 81.7 Å². The predicted molar refractivity (Wildman–Crippen MR) is 136 cm³/mol. The van der Waals surface area contributed by atoms with E-state index in [0.29, 0.717) is 23.8 Å². The van der Waals surface area contributed by atoms with Crippen molar-refractivity contribution in [2.24, 2.45) is 0 Å². The average molecular weight is 519 g/mol. The van der Waals surface area contributed by atoms with E-state index in [1.807, 2.05) is 28.9 Å². The molecule has 1 aliphatic carbocycles. The number of likely N-dealkylation sites (tertiary alicyclic amines) is 2. The third-order valence-corrected chi connectivity index (χ3v) is 8.19. The molecule has 0 spiro atoms. The van der Waals surface area contributed by atoms with E-state index in [-0.39, 0.29) is 24.9 Å². The first kappa shape index (κ1) is 25.5. The van der Waals surface area contributed by atoms with Crippen LogP contribution in [0.4, 0.5) is 4.39 Å². The summed E-state index contributed by atoms with van der Waals surface area (Å²) in [7, 11) is 0. The molecule has 1 aromatic heterocycles. The van der Waals surface area contributed by atoms with Crippen molar-refractivity contribution in [1.29, 1.82) is 0 Å². The van der Waals surface area contributed by atoms with Crippen molar-refractivity contribution >= 4 is 17.5 Å². The first-order valence-electron chi connectivity index (χ1n) is 13.3. The standard InChI is InChI=1S/C27H36ClFN4O3/c28-20-4-3-5-22(18-20)36-21-8-12-31(13-9-21)16-17-33-24-7-2-1-6-23(24)25(30-33)26(35)32-14-10-27(29,19-34)11-15-32/h3-5,18,21,34H,1-2,6-17,19H2. The Balaban J connectivity index is 1.18. The molecule has 2 saturated heterocycles. The summed E-state index contributed by atoms with van der Waals surface area (Å²) >= 11 is 6.07. The highest BCUT2D eigenvalue weighted by atomic mass is 35.5. The summed E-state index contributed by atoms with van der Waals surface area (Å²) in [6, 6.07) is 7.56. The highest BCUT2D eigenvalue weighted by molar-refractivity contribution is 6.30. The van der Waals surface area contributed by atoms with Crippen LogP contribution in [0.15, 0.2) is 24.3 Å². The molecule has 3 heterocycles. The maximum absolute atomic E-state index is 14.4. The van der Waals surface area contributed by atoms with E-state index in [2.05, 4.69) is 4.90 Å². The summed E-state index contributed by atoms with van der Waals surface area (Å²) in [6.45, 7) is 3.73. The van der Waals surface area contributed by atoms with Crippen molar-refractivity contribution in [3.8, 4) is 5.75 Å². The number of nitrogens with zero attached hydrogens (tertiary/aromatic N) is 4.